The Kier molecular flexibility index (Phi) is 8.89. The van der Waals surface area contributed by atoms with Crippen LogP contribution in [0.4, 0.5) is 22.7 Å². The summed E-state index contributed by atoms with van der Waals surface area (Å²) in [6.45, 7) is 34.6. The Morgan fingerprint density at radius 2 is 1.15 bits per heavy atom. The SMILES string of the molecule is CC(C)(C)c1ccc(N2c3ccc4c(c3B3c5c(cc6c(oc7ccccc76)c52)-c2cc(C(C)(C)C)cc5c2N3C2(C)CCCCC52C)C(C)(C)c2cc3c(cc2-4)C(C)(C)CCC3(C)C)c(-c2ccccc2)c1. The summed E-state index contributed by atoms with van der Waals surface area (Å²) in [4.78, 5) is 5.76. The summed E-state index contributed by atoms with van der Waals surface area (Å²) < 4.78 is 7.43. The van der Waals surface area contributed by atoms with Gasteiger partial charge in [-0.2, -0.15) is 0 Å². The molecule has 73 heavy (non-hydrogen) atoms. The molecule has 0 radical (unpaired) electrons. The molecule has 8 aromatic rings. The third-order valence-corrected chi connectivity index (χ3v) is 20.4. The molecule has 1 aromatic heterocycles. The molecular weight excluding hydrogens is 884 g/mol. The molecule has 3 aliphatic heterocycles. The van der Waals surface area contributed by atoms with E-state index in [1.165, 1.54) is 138 Å². The number of benzene rings is 7. The van der Waals surface area contributed by atoms with Gasteiger partial charge in [0.05, 0.1) is 11.4 Å². The Morgan fingerprint density at radius 3 is 1.88 bits per heavy atom. The number of hydrogen-bond donors (Lipinski definition) is 0. The third-order valence-electron chi connectivity index (χ3n) is 20.4. The van der Waals surface area contributed by atoms with Gasteiger partial charge in [0.1, 0.15) is 5.58 Å². The van der Waals surface area contributed by atoms with Crippen molar-refractivity contribution in [1.82, 2.24) is 0 Å². The Labute approximate surface area is 435 Å². The number of anilines is 4. The Morgan fingerprint density at radius 1 is 0.493 bits per heavy atom. The molecule has 0 spiro atoms. The van der Waals surface area contributed by atoms with Gasteiger partial charge in [-0.15, -0.1) is 0 Å². The smallest absolute Gasteiger partial charge is 0.329 e. The van der Waals surface area contributed by atoms with Crippen molar-refractivity contribution in [2.24, 2.45) is 0 Å². The van der Waals surface area contributed by atoms with Crippen LogP contribution in [-0.2, 0) is 32.5 Å². The van der Waals surface area contributed by atoms with E-state index < -0.39 is 0 Å². The van der Waals surface area contributed by atoms with Gasteiger partial charge in [-0.3, -0.25) is 0 Å². The molecule has 7 aromatic carbocycles. The van der Waals surface area contributed by atoms with Crippen LogP contribution in [0, 0.1) is 0 Å². The molecule has 4 heterocycles. The van der Waals surface area contributed by atoms with Crippen LogP contribution in [0.3, 0.4) is 0 Å². The van der Waals surface area contributed by atoms with Crippen LogP contribution in [0.5, 0.6) is 0 Å². The van der Waals surface area contributed by atoms with E-state index in [9.17, 15) is 0 Å². The van der Waals surface area contributed by atoms with E-state index in [4.69, 9.17) is 4.42 Å². The minimum atomic E-state index is -0.288. The van der Waals surface area contributed by atoms with Crippen molar-refractivity contribution in [3.05, 3.63) is 154 Å². The molecule has 0 bridgehead atoms. The maximum Gasteiger partial charge on any atom is 0.329 e. The quantitative estimate of drug-likeness (QED) is 0.161. The highest BCUT2D eigenvalue weighted by molar-refractivity contribution is 6.94. The van der Waals surface area contributed by atoms with Crippen molar-refractivity contribution in [2.45, 2.75) is 173 Å². The van der Waals surface area contributed by atoms with Crippen molar-refractivity contribution in [1.29, 1.82) is 0 Å². The molecule has 2 unspecified atom stereocenters. The molecule has 3 nitrogen and oxygen atoms in total. The zero-order valence-corrected chi connectivity index (χ0v) is 46.1. The normalized spacial score (nSPS) is 22.4. The van der Waals surface area contributed by atoms with Crippen molar-refractivity contribution in [3.63, 3.8) is 0 Å². The summed E-state index contributed by atoms with van der Waals surface area (Å²) in [6, 6.07) is 45.6. The topological polar surface area (TPSA) is 19.6 Å². The zero-order valence-electron chi connectivity index (χ0n) is 46.1. The van der Waals surface area contributed by atoms with E-state index in [1.54, 1.807) is 11.1 Å². The molecule has 0 N–H and O–H groups in total. The van der Waals surface area contributed by atoms with E-state index >= 15 is 0 Å². The zero-order chi connectivity index (χ0) is 50.9. The highest BCUT2D eigenvalue weighted by Gasteiger charge is 2.64. The lowest BCUT2D eigenvalue weighted by atomic mass is 9.40. The van der Waals surface area contributed by atoms with Crippen LogP contribution in [0.1, 0.15) is 174 Å². The predicted octanol–water partition coefficient (Wildman–Crippen LogP) is 17.5. The van der Waals surface area contributed by atoms with E-state index in [-0.39, 0.29) is 44.9 Å². The maximum atomic E-state index is 7.43. The molecule has 0 saturated heterocycles. The number of para-hydroxylation sites is 1. The summed E-state index contributed by atoms with van der Waals surface area (Å²) >= 11 is 0. The molecule has 14 rings (SSSR count). The fraction of sp³-hybridized carbons (Fsp3) is 0.391. The molecule has 3 aliphatic carbocycles. The Balaban J connectivity index is 1.19. The third kappa shape index (κ3) is 5.80. The van der Waals surface area contributed by atoms with Gasteiger partial charge in [-0.25, -0.2) is 0 Å². The number of hydrogen-bond acceptors (Lipinski definition) is 3. The maximum absolute atomic E-state index is 7.43. The first-order valence-corrected chi connectivity index (χ1v) is 27.8. The Hall–Kier alpha value is -6.00. The summed E-state index contributed by atoms with van der Waals surface area (Å²) in [7, 11) is 0. The second-order valence-electron chi connectivity index (χ2n) is 27.9. The largest absolute Gasteiger partial charge is 0.454 e. The van der Waals surface area contributed by atoms with Crippen LogP contribution < -0.4 is 20.6 Å². The van der Waals surface area contributed by atoms with Gasteiger partial charge in [0.15, 0.2) is 5.58 Å². The number of nitrogens with zero attached hydrogens (tertiary/aromatic N) is 2. The van der Waals surface area contributed by atoms with Gasteiger partial charge in [-0.1, -0.05) is 176 Å². The highest BCUT2D eigenvalue weighted by atomic mass is 16.3. The minimum absolute atomic E-state index is 0.0410. The fourth-order valence-corrected chi connectivity index (χ4v) is 15.8. The highest BCUT2D eigenvalue weighted by Crippen LogP contribution is 2.65. The summed E-state index contributed by atoms with van der Waals surface area (Å²) in [5.74, 6) is 0. The van der Waals surface area contributed by atoms with E-state index in [0.717, 1.165) is 17.6 Å². The van der Waals surface area contributed by atoms with E-state index in [1.807, 2.05) is 0 Å². The molecule has 4 heteroatoms. The average Bonchev–Trinajstić information content (AvgIpc) is 3.91. The van der Waals surface area contributed by atoms with Crippen molar-refractivity contribution in [2.75, 3.05) is 9.71 Å². The summed E-state index contributed by atoms with van der Waals surface area (Å²) in [5, 5.41) is 2.36. The number of furan rings is 1. The van der Waals surface area contributed by atoms with Gasteiger partial charge in [-0.05, 0) is 169 Å². The van der Waals surface area contributed by atoms with Gasteiger partial charge >= 0.3 is 6.85 Å². The van der Waals surface area contributed by atoms with E-state index in [2.05, 4.69) is 222 Å². The van der Waals surface area contributed by atoms with Gasteiger partial charge < -0.3 is 14.1 Å². The monoisotopic (exact) mass is 957 g/mol. The fourth-order valence-electron chi connectivity index (χ4n) is 15.8. The van der Waals surface area contributed by atoms with Gasteiger partial charge in [0, 0.05) is 49.6 Å². The molecule has 2 atom stereocenters. The molecule has 1 fully saturated rings. The first kappa shape index (κ1) is 45.6. The van der Waals surface area contributed by atoms with Crippen LogP contribution in [0.25, 0.3) is 55.3 Å². The predicted molar refractivity (Wildman–Crippen MR) is 311 cm³/mol. The molecule has 1 saturated carbocycles. The number of fused-ring (bicyclic) bond motifs is 16. The van der Waals surface area contributed by atoms with Crippen LogP contribution >= 0.6 is 0 Å². The molecule has 0 amide bonds. The first-order valence-electron chi connectivity index (χ1n) is 27.8. The summed E-state index contributed by atoms with van der Waals surface area (Å²) in [6.07, 6.45) is 7.21. The minimum Gasteiger partial charge on any atom is -0.454 e. The standard InChI is InChI=1S/C69H73BN2O/c1-63(2,3)41-26-28-54(45(34-41)40-22-16-15-17-23-40)71-55-29-27-44-46-38-51-52(66(9,10)33-32-65(51,7)8)39-50(46)67(11,12)57(44)59(55)70-58-47(37-49-43-24-18-19-25-56(43)73-62(49)61(58)71)48-35-42(64(4,5)6)36-53-60(48)72(70)69(14)31-21-20-30-68(53,69)13/h15-19,22-29,34-39H,20-21,30-33H2,1-14H3. The second-order valence-corrected chi connectivity index (χ2v) is 27.9. The lowest BCUT2D eigenvalue weighted by Crippen LogP contribution is -2.71. The van der Waals surface area contributed by atoms with Crippen molar-refractivity contribution < 1.29 is 4.42 Å². The van der Waals surface area contributed by atoms with Crippen LogP contribution in [0.2, 0.25) is 0 Å². The molecule has 368 valence electrons. The summed E-state index contributed by atoms with van der Waals surface area (Å²) in [5.41, 5.74) is 27.9. The van der Waals surface area contributed by atoms with Gasteiger partial charge in [0.2, 0.25) is 0 Å². The lowest BCUT2D eigenvalue weighted by molar-refractivity contribution is 0.199. The van der Waals surface area contributed by atoms with Crippen LogP contribution in [-0.4, -0.2) is 12.4 Å². The average molecular weight is 957 g/mol. The van der Waals surface area contributed by atoms with Crippen molar-refractivity contribution >= 4 is 62.5 Å². The number of rotatable bonds is 2. The first-order chi connectivity index (χ1) is 34.5. The van der Waals surface area contributed by atoms with Crippen LogP contribution in [0.15, 0.2) is 120 Å². The van der Waals surface area contributed by atoms with Gasteiger partial charge in [0.25, 0.3) is 0 Å². The Bertz CT molecular complexity index is 3740. The lowest BCUT2D eigenvalue weighted by Gasteiger charge is -2.55. The molecular formula is C69H73BN2O. The second kappa shape index (κ2) is 14.2. The van der Waals surface area contributed by atoms with Crippen molar-refractivity contribution in [3.8, 4) is 33.4 Å². The van der Waals surface area contributed by atoms with E-state index in [0.29, 0.717) is 0 Å². The molecule has 6 aliphatic rings.